The van der Waals surface area contributed by atoms with Crippen molar-refractivity contribution in [3.63, 3.8) is 0 Å². The number of barbiturate groups is 1. The molecule has 9 nitrogen and oxygen atoms in total. The van der Waals surface area contributed by atoms with Crippen LogP contribution in [0.2, 0.25) is 5.02 Å². The zero-order valence-corrected chi connectivity index (χ0v) is 21.6. The van der Waals surface area contributed by atoms with Gasteiger partial charge in [0.15, 0.2) is 6.61 Å². The third kappa shape index (κ3) is 6.16. The summed E-state index contributed by atoms with van der Waals surface area (Å²) in [6.45, 7) is -0.334. The summed E-state index contributed by atoms with van der Waals surface area (Å²) in [6, 6.07) is 16.8. The van der Waals surface area contributed by atoms with Crippen LogP contribution in [0.4, 0.5) is 16.2 Å². The van der Waals surface area contributed by atoms with Gasteiger partial charge in [-0.15, -0.1) is 0 Å². The molecule has 0 atom stereocenters. The minimum atomic E-state index is -0.879. The fraction of sp³-hybridized carbons (Fsp3) is 0.0769. The highest BCUT2D eigenvalue weighted by molar-refractivity contribution is 9.10. The summed E-state index contributed by atoms with van der Waals surface area (Å²) in [5, 5.41) is 5.29. The van der Waals surface area contributed by atoms with Crippen LogP contribution in [0.15, 0.2) is 76.8 Å². The molecule has 3 aromatic rings. The van der Waals surface area contributed by atoms with E-state index in [2.05, 4.69) is 26.6 Å². The maximum Gasteiger partial charge on any atom is 0.335 e. The Kier molecular flexibility index (Phi) is 7.90. The second-order valence-electron chi connectivity index (χ2n) is 7.68. The predicted molar refractivity (Wildman–Crippen MR) is 142 cm³/mol. The highest BCUT2D eigenvalue weighted by Gasteiger charge is 2.37. The molecule has 3 aromatic carbocycles. The molecule has 0 spiro atoms. The SMILES string of the molecule is COc1ccc(NC(=O)COc2ccc(Br)cc2/C=C2/C(=O)NC(=O)N(c3ccc(Cl)cc3)C2=O)cc1. The summed E-state index contributed by atoms with van der Waals surface area (Å²) in [7, 11) is 1.55. The Morgan fingerprint density at radius 2 is 1.76 bits per heavy atom. The third-order valence-corrected chi connectivity index (χ3v) is 5.94. The predicted octanol–water partition coefficient (Wildman–Crippen LogP) is 4.80. The zero-order chi connectivity index (χ0) is 26.5. The van der Waals surface area contributed by atoms with Crippen LogP contribution in [0.25, 0.3) is 6.08 Å². The van der Waals surface area contributed by atoms with Crippen molar-refractivity contribution in [2.75, 3.05) is 23.9 Å². The van der Waals surface area contributed by atoms with Gasteiger partial charge in [0.25, 0.3) is 17.7 Å². The van der Waals surface area contributed by atoms with Crippen molar-refractivity contribution in [3.8, 4) is 11.5 Å². The van der Waals surface area contributed by atoms with Gasteiger partial charge < -0.3 is 14.8 Å². The Morgan fingerprint density at radius 3 is 2.43 bits per heavy atom. The first-order valence-electron chi connectivity index (χ1n) is 10.8. The van der Waals surface area contributed by atoms with Gasteiger partial charge in [-0.1, -0.05) is 27.5 Å². The van der Waals surface area contributed by atoms with Crippen LogP contribution in [0.3, 0.4) is 0 Å². The second-order valence-corrected chi connectivity index (χ2v) is 9.03. The fourth-order valence-corrected chi connectivity index (χ4v) is 3.92. The van der Waals surface area contributed by atoms with Crippen molar-refractivity contribution < 1.29 is 28.7 Å². The largest absolute Gasteiger partial charge is 0.497 e. The molecule has 11 heteroatoms. The number of hydrogen-bond acceptors (Lipinski definition) is 6. The Morgan fingerprint density at radius 1 is 1.05 bits per heavy atom. The van der Waals surface area contributed by atoms with Crippen molar-refractivity contribution in [3.05, 3.63) is 87.4 Å². The summed E-state index contributed by atoms with van der Waals surface area (Å²) in [4.78, 5) is 51.4. The van der Waals surface area contributed by atoms with E-state index in [0.29, 0.717) is 26.5 Å². The van der Waals surface area contributed by atoms with Crippen LogP contribution < -0.4 is 25.0 Å². The van der Waals surface area contributed by atoms with E-state index in [1.165, 1.54) is 30.3 Å². The van der Waals surface area contributed by atoms with E-state index in [9.17, 15) is 19.2 Å². The van der Waals surface area contributed by atoms with Gasteiger partial charge in [-0.05, 0) is 72.8 Å². The number of rotatable bonds is 7. The fourth-order valence-electron chi connectivity index (χ4n) is 3.42. The molecule has 1 aliphatic rings. The van der Waals surface area contributed by atoms with E-state index >= 15 is 0 Å². The van der Waals surface area contributed by atoms with Gasteiger partial charge in [-0.25, -0.2) is 9.69 Å². The number of hydrogen-bond donors (Lipinski definition) is 2. The molecule has 37 heavy (non-hydrogen) atoms. The van der Waals surface area contributed by atoms with Gasteiger partial charge in [0.05, 0.1) is 12.8 Å². The average Bonchev–Trinajstić information content (AvgIpc) is 2.87. The Hall–Kier alpha value is -4.15. The Bertz CT molecular complexity index is 1410. The minimum Gasteiger partial charge on any atom is -0.497 e. The van der Waals surface area contributed by atoms with Crippen molar-refractivity contribution in [2.45, 2.75) is 0 Å². The maximum atomic E-state index is 13.2. The molecule has 1 saturated heterocycles. The number of urea groups is 1. The Balaban J connectivity index is 1.55. The third-order valence-electron chi connectivity index (χ3n) is 5.19. The molecular weight excluding hydrogens is 566 g/mol. The number of ether oxygens (including phenoxy) is 2. The van der Waals surface area contributed by atoms with Crippen molar-refractivity contribution in [1.29, 1.82) is 0 Å². The number of imide groups is 2. The number of nitrogens with zero attached hydrogens (tertiary/aromatic N) is 1. The van der Waals surface area contributed by atoms with Gasteiger partial charge >= 0.3 is 6.03 Å². The molecule has 0 bridgehead atoms. The van der Waals surface area contributed by atoms with Crippen LogP contribution in [0.1, 0.15) is 5.56 Å². The monoisotopic (exact) mass is 583 g/mol. The number of methoxy groups -OCH3 is 1. The highest BCUT2D eigenvalue weighted by Crippen LogP contribution is 2.28. The topological polar surface area (TPSA) is 114 Å². The molecule has 0 unspecified atom stereocenters. The maximum absolute atomic E-state index is 13.2. The first-order valence-corrected chi connectivity index (χ1v) is 12.0. The highest BCUT2D eigenvalue weighted by atomic mass is 79.9. The Labute approximate surface area is 225 Å². The molecule has 0 aliphatic carbocycles. The molecule has 0 saturated carbocycles. The molecule has 1 aliphatic heterocycles. The first-order chi connectivity index (χ1) is 17.7. The second kappa shape index (κ2) is 11.3. The standard InChI is InChI=1S/C26H19BrClN3O6/c1-36-20-9-5-18(6-10-20)29-23(32)14-37-22-11-2-16(27)12-15(22)13-21-24(33)30-26(35)31(25(21)34)19-7-3-17(28)4-8-19/h2-13H,14H2,1H3,(H,29,32)(H,30,33,35)/b21-13-. The average molecular weight is 585 g/mol. The zero-order valence-electron chi connectivity index (χ0n) is 19.3. The van der Waals surface area contributed by atoms with Crippen molar-refractivity contribution in [2.24, 2.45) is 0 Å². The van der Waals surface area contributed by atoms with E-state index < -0.39 is 23.8 Å². The molecule has 5 amide bonds. The number of benzene rings is 3. The summed E-state index contributed by atoms with van der Waals surface area (Å²) < 4.78 is 11.4. The van der Waals surface area contributed by atoms with Gasteiger partial charge in [-0.3, -0.25) is 19.7 Å². The molecule has 0 radical (unpaired) electrons. The molecule has 0 aromatic heterocycles. The minimum absolute atomic E-state index is 0.242. The quantitative estimate of drug-likeness (QED) is 0.305. The van der Waals surface area contributed by atoms with Gasteiger partial charge in [-0.2, -0.15) is 0 Å². The first kappa shape index (κ1) is 25.9. The van der Waals surface area contributed by atoms with E-state index in [-0.39, 0.29) is 23.6 Å². The number of carbonyl (C=O) groups excluding carboxylic acids is 4. The lowest BCUT2D eigenvalue weighted by atomic mass is 10.1. The molecule has 1 fully saturated rings. The number of nitrogens with one attached hydrogen (secondary N) is 2. The normalized spacial score (nSPS) is 14.4. The van der Waals surface area contributed by atoms with Crippen molar-refractivity contribution in [1.82, 2.24) is 5.32 Å². The van der Waals surface area contributed by atoms with Crippen LogP contribution >= 0.6 is 27.5 Å². The number of carbonyl (C=O) groups is 4. The van der Waals surface area contributed by atoms with Crippen LogP contribution in [0, 0.1) is 0 Å². The molecule has 188 valence electrons. The van der Waals surface area contributed by atoms with Gasteiger partial charge in [0.1, 0.15) is 17.1 Å². The summed E-state index contributed by atoms with van der Waals surface area (Å²) in [5.41, 5.74) is 0.853. The number of halogens is 2. The summed E-state index contributed by atoms with van der Waals surface area (Å²) in [5.74, 6) is -1.20. The lowest BCUT2D eigenvalue weighted by Crippen LogP contribution is -2.54. The van der Waals surface area contributed by atoms with E-state index in [1.807, 2.05) is 0 Å². The van der Waals surface area contributed by atoms with Crippen LogP contribution in [0.5, 0.6) is 11.5 Å². The van der Waals surface area contributed by atoms with E-state index in [0.717, 1.165) is 4.90 Å². The summed E-state index contributed by atoms with van der Waals surface area (Å²) >= 11 is 9.26. The molecular formula is C26H19BrClN3O6. The summed E-state index contributed by atoms with van der Waals surface area (Å²) in [6.07, 6.45) is 1.30. The van der Waals surface area contributed by atoms with E-state index in [1.54, 1.807) is 49.6 Å². The smallest absolute Gasteiger partial charge is 0.335 e. The van der Waals surface area contributed by atoms with Crippen LogP contribution in [-0.4, -0.2) is 37.5 Å². The lowest BCUT2D eigenvalue weighted by molar-refractivity contribution is -0.122. The molecule has 2 N–H and O–H groups in total. The number of amides is 5. The van der Waals surface area contributed by atoms with Crippen molar-refractivity contribution >= 4 is 68.7 Å². The number of anilines is 2. The van der Waals surface area contributed by atoms with Gasteiger partial charge in [0.2, 0.25) is 0 Å². The van der Waals surface area contributed by atoms with Gasteiger partial charge in [0, 0.05) is 20.7 Å². The molecule has 4 rings (SSSR count). The van der Waals surface area contributed by atoms with Crippen LogP contribution in [-0.2, 0) is 14.4 Å². The lowest BCUT2D eigenvalue weighted by Gasteiger charge is -2.26. The molecule has 1 heterocycles. The van der Waals surface area contributed by atoms with E-state index in [4.69, 9.17) is 21.1 Å².